The van der Waals surface area contributed by atoms with Gasteiger partial charge < -0.3 is 14.8 Å². The minimum atomic E-state index is -0.0243. The highest BCUT2D eigenvalue weighted by molar-refractivity contribution is 9.10. The molecule has 0 amide bonds. The zero-order valence-corrected chi connectivity index (χ0v) is 20.4. The standard InChI is InChI=1S/C24H27BrN4S/c1-14(2)28-16(4)13-19(17(28)5)23-22(21-8-6-7-11-26-21)27-24(30)29(23)18-9-10-20(25)15(3)12-18/h6-14,22-23H,1-5H3,(H,27,30)/t22-,23-/m0/s1. The summed E-state index contributed by atoms with van der Waals surface area (Å²) in [6, 6.07) is 15.2. The van der Waals surface area contributed by atoms with E-state index in [9.17, 15) is 0 Å². The number of nitrogens with one attached hydrogen (secondary N) is 1. The minimum absolute atomic E-state index is 0.0201. The molecule has 1 fully saturated rings. The maximum atomic E-state index is 5.86. The van der Waals surface area contributed by atoms with E-state index in [2.05, 4.69) is 101 Å². The van der Waals surface area contributed by atoms with Gasteiger partial charge in [0.15, 0.2) is 5.11 Å². The van der Waals surface area contributed by atoms with E-state index >= 15 is 0 Å². The van der Waals surface area contributed by atoms with Crippen LogP contribution in [0.15, 0.2) is 53.1 Å². The molecule has 0 saturated carbocycles. The second-order valence-electron chi connectivity index (χ2n) is 8.22. The topological polar surface area (TPSA) is 33.1 Å². The summed E-state index contributed by atoms with van der Waals surface area (Å²) >= 11 is 9.48. The summed E-state index contributed by atoms with van der Waals surface area (Å²) in [7, 11) is 0. The van der Waals surface area contributed by atoms with E-state index in [1.165, 1.54) is 22.5 Å². The molecule has 3 aromatic rings. The Hall–Kier alpha value is -2.18. The molecule has 1 aliphatic rings. The molecule has 0 bridgehead atoms. The molecule has 1 N–H and O–H groups in total. The number of halogens is 1. The van der Waals surface area contributed by atoms with E-state index in [0.717, 1.165) is 21.0 Å². The van der Waals surface area contributed by atoms with Crippen molar-refractivity contribution in [3.63, 3.8) is 0 Å². The van der Waals surface area contributed by atoms with Gasteiger partial charge in [-0.15, -0.1) is 0 Å². The highest BCUT2D eigenvalue weighted by Crippen LogP contribution is 2.44. The SMILES string of the molecule is Cc1cc(N2C(=S)N[C@@H](c3ccccn3)[C@@H]2c2cc(C)n(C(C)C)c2C)ccc1Br. The Labute approximate surface area is 192 Å². The van der Waals surface area contributed by atoms with Crippen LogP contribution in [0.5, 0.6) is 0 Å². The van der Waals surface area contributed by atoms with Gasteiger partial charge in [0, 0.05) is 33.8 Å². The van der Waals surface area contributed by atoms with Crippen molar-refractivity contribution in [2.75, 3.05) is 4.90 Å². The van der Waals surface area contributed by atoms with E-state index in [1.54, 1.807) is 0 Å². The normalized spacial score (nSPS) is 18.9. The molecule has 0 unspecified atom stereocenters. The van der Waals surface area contributed by atoms with Gasteiger partial charge in [-0.05, 0) is 94.4 Å². The third-order valence-electron chi connectivity index (χ3n) is 5.88. The van der Waals surface area contributed by atoms with Gasteiger partial charge >= 0.3 is 0 Å². The minimum Gasteiger partial charge on any atom is -0.351 e. The first kappa shape index (κ1) is 21.1. The van der Waals surface area contributed by atoms with Gasteiger partial charge in [0.1, 0.15) is 0 Å². The predicted molar refractivity (Wildman–Crippen MR) is 131 cm³/mol. The van der Waals surface area contributed by atoms with E-state index in [-0.39, 0.29) is 12.1 Å². The number of hydrogen-bond acceptors (Lipinski definition) is 2. The van der Waals surface area contributed by atoms with Crippen LogP contribution in [0.3, 0.4) is 0 Å². The van der Waals surface area contributed by atoms with Crippen LogP contribution in [0, 0.1) is 20.8 Å². The Bertz CT molecular complexity index is 1090. The molecule has 1 saturated heterocycles. The highest BCUT2D eigenvalue weighted by Gasteiger charge is 2.42. The maximum Gasteiger partial charge on any atom is 0.174 e. The average molecular weight is 483 g/mol. The number of nitrogens with zero attached hydrogens (tertiary/aromatic N) is 3. The molecule has 6 heteroatoms. The number of aryl methyl sites for hydroxylation is 2. The molecule has 1 aromatic carbocycles. The van der Waals surface area contributed by atoms with Crippen LogP contribution < -0.4 is 10.2 Å². The van der Waals surface area contributed by atoms with Crippen molar-refractivity contribution in [3.8, 4) is 0 Å². The molecule has 0 spiro atoms. The summed E-state index contributed by atoms with van der Waals surface area (Å²) in [6.07, 6.45) is 1.85. The Kier molecular flexibility index (Phi) is 5.73. The summed E-state index contributed by atoms with van der Waals surface area (Å²) < 4.78 is 3.50. The summed E-state index contributed by atoms with van der Waals surface area (Å²) in [5.74, 6) is 0. The monoisotopic (exact) mass is 482 g/mol. The fourth-order valence-electron chi connectivity index (χ4n) is 4.62. The van der Waals surface area contributed by atoms with Gasteiger partial charge in [-0.25, -0.2) is 0 Å². The molecule has 0 radical (unpaired) electrons. The lowest BCUT2D eigenvalue weighted by atomic mass is 9.96. The van der Waals surface area contributed by atoms with Gasteiger partial charge in [-0.3, -0.25) is 4.98 Å². The van der Waals surface area contributed by atoms with E-state index in [0.29, 0.717) is 6.04 Å². The fraction of sp³-hybridized carbons (Fsp3) is 0.333. The first-order chi connectivity index (χ1) is 14.3. The number of benzene rings is 1. The molecule has 4 rings (SSSR count). The maximum absolute atomic E-state index is 5.86. The molecule has 156 valence electrons. The van der Waals surface area contributed by atoms with Crippen LogP contribution in [0.2, 0.25) is 0 Å². The molecule has 1 aliphatic heterocycles. The third kappa shape index (κ3) is 3.56. The highest BCUT2D eigenvalue weighted by atomic mass is 79.9. The van der Waals surface area contributed by atoms with Crippen LogP contribution in [-0.2, 0) is 0 Å². The molecule has 2 aromatic heterocycles. The summed E-state index contributed by atoms with van der Waals surface area (Å²) in [5.41, 5.74) is 7.09. The quantitative estimate of drug-likeness (QED) is 0.440. The Balaban J connectivity index is 1.90. The van der Waals surface area contributed by atoms with Crippen LogP contribution in [0.4, 0.5) is 5.69 Å². The number of aromatic nitrogens is 2. The van der Waals surface area contributed by atoms with Crippen LogP contribution in [-0.4, -0.2) is 14.7 Å². The summed E-state index contributed by atoms with van der Waals surface area (Å²) in [5, 5.41) is 4.29. The van der Waals surface area contributed by atoms with Crippen molar-refractivity contribution in [2.24, 2.45) is 0 Å². The molecule has 0 aliphatic carbocycles. The van der Waals surface area contributed by atoms with Gasteiger partial charge in [0.25, 0.3) is 0 Å². The van der Waals surface area contributed by atoms with Gasteiger partial charge in [0.2, 0.25) is 0 Å². The molecule has 30 heavy (non-hydrogen) atoms. The van der Waals surface area contributed by atoms with E-state index < -0.39 is 0 Å². The second-order valence-corrected chi connectivity index (χ2v) is 9.46. The molecule has 4 nitrogen and oxygen atoms in total. The number of pyridine rings is 1. The number of hydrogen-bond donors (Lipinski definition) is 1. The molecule has 2 atom stereocenters. The zero-order chi connectivity index (χ0) is 21.6. The van der Waals surface area contributed by atoms with Crippen LogP contribution in [0.1, 0.15) is 60.2 Å². The van der Waals surface area contributed by atoms with E-state index in [1.807, 2.05) is 18.3 Å². The first-order valence-electron chi connectivity index (χ1n) is 10.2. The summed E-state index contributed by atoms with van der Waals surface area (Å²) in [4.78, 5) is 6.91. The Morgan fingerprint density at radius 1 is 1.10 bits per heavy atom. The molecule has 3 heterocycles. The van der Waals surface area contributed by atoms with Crippen molar-refractivity contribution < 1.29 is 0 Å². The van der Waals surface area contributed by atoms with Crippen LogP contribution >= 0.6 is 28.1 Å². The second kappa shape index (κ2) is 8.16. The Morgan fingerprint density at radius 2 is 1.87 bits per heavy atom. The van der Waals surface area contributed by atoms with Gasteiger partial charge in [0.05, 0.1) is 17.8 Å². The zero-order valence-electron chi connectivity index (χ0n) is 18.0. The fourth-order valence-corrected chi connectivity index (χ4v) is 5.22. The molecular formula is C24H27BrN4S. The van der Waals surface area contributed by atoms with Crippen molar-refractivity contribution in [1.82, 2.24) is 14.9 Å². The van der Waals surface area contributed by atoms with Crippen molar-refractivity contribution >= 4 is 38.9 Å². The summed E-state index contributed by atoms with van der Waals surface area (Å²) in [6.45, 7) is 11.0. The number of anilines is 1. The lowest BCUT2D eigenvalue weighted by Gasteiger charge is -2.29. The van der Waals surface area contributed by atoms with Crippen molar-refractivity contribution in [3.05, 3.63) is 81.3 Å². The van der Waals surface area contributed by atoms with Crippen LogP contribution in [0.25, 0.3) is 0 Å². The van der Waals surface area contributed by atoms with Crippen molar-refractivity contribution in [2.45, 2.75) is 52.7 Å². The van der Waals surface area contributed by atoms with Crippen molar-refractivity contribution in [1.29, 1.82) is 0 Å². The Morgan fingerprint density at radius 3 is 2.47 bits per heavy atom. The largest absolute Gasteiger partial charge is 0.351 e. The predicted octanol–water partition coefficient (Wildman–Crippen LogP) is 6.33. The van der Waals surface area contributed by atoms with Gasteiger partial charge in [-0.1, -0.05) is 22.0 Å². The van der Waals surface area contributed by atoms with Gasteiger partial charge in [-0.2, -0.15) is 0 Å². The average Bonchev–Trinajstić information content (AvgIpc) is 3.20. The smallest absolute Gasteiger partial charge is 0.174 e. The third-order valence-corrected chi connectivity index (χ3v) is 7.08. The number of rotatable bonds is 4. The molecular weight excluding hydrogens is 456 g/mol. The lowest BCUT2D eigenvalue weighted by molar-refractivity contribution is 0.547. The first-order valence-corrected chi connectivity index (χ1v) is 11.4. The lowest BCUT2D eigenvalue weighted by Crippen LogP contribution is -2.29. The number of thiocarbonyl (C=S) groups is 1. The van der Waals surface area contributed by atoms with E-state index in [4.69, 9.17) is 12.2 Å².